The van der Waals surface area contributed by atoms with Gasteiger partial charge in [-0.3, -0.25) is 9.59 Å². The summed E-state index contributed by atoms with van der Waals surface area (Å²) >= 11 is 1.43. The van der Waals surface area contributed by atoms with Crippen LogP contribution in [0.3, 0.4) is 0 Å². The smallest absolute Gasteiger partial charge is 0.261 e. The van der Waals surface area contributed by atoms with Crippen LogP contribution in [-0.2, 0) is 11.3 Å². The second kappa shape index (κ2) is 7.31. The number of carbonyl (C=O) groups is 2. The molecule has 1 fully saturated rings. The van der Waals surface area contributed by atoms with Crippen molar-refractivity contribution in [3.63, 3.8) is 0 Å². The van der Waals surface area contributed by atoms with Crippen LogP contribution in [0.1, 0.15) is 58.0 Å². The zero-order valence-corrected chi connectivity index (χ0v) is 16.9. The summed E-state index contributed by atoms with van der Waals surface area (Å²) in [5.74, 6) is 1.16. The van der Waals surface area contributed by atoms with Gasteiger partial charge in [-0.25, -0.2) is 9.97 Å². The molecule has 4 rings (SSSR count). The van der Waals surface area contributed by atoms with Gasteiger partial charge in [0.15, 0.2) is 0 Å². The third-order valence-electron chi connectivity index (χ3n) is 4.84. The number of nitrogens with one attached hydrogen (secondary N) is 2. The fourth-order valence-electron chi connectivity index (χ4n) is 3.33. The molecule has 0 unspecified atom stereocenters. The van der Waals surface area contributed by atoms with Crippen molar-refractivity contribution < 1.29 is 9.59 Å². The standard InChI is InChI=1S/C21H22N4O2S/c1-11-17-12(2)23-19(15-7-8-15)25-21(17)28-18(11)20(27)22-10-14-5-4-6-16(9-14)24-13(3)26/h4-6,9,15H,7-8,10H2,1-3H3,(H,22,27)(H,24,26). The maximum atomic E-state index is 12.8. The first-order chi connectivity index (χ1) is 13.4. The molecule has 0 radical (unpaired) electrons. The summed E-state index contributed by atoms with van der Waals surface area (Å²) < 4.78 is 0. The quantitative estimate of drug-likeness (QED) is 0.683. The Morgan fingerprint density at radius 1 is 1.21 bits per heavy atom. The van der Waals surface area contributed by atoms with Crippen LogP contribution in [0.4, 0.5) is 5.69 Å². The fraction of sp³-hybridized carbons (Fsp3) is 0.333. The van der Waals surface area contributed by atoms with Gasteiger partial charge in [-0.05, 0) is 49.9 Å². The normalized spacial score (nSPS) is 13.5. The van der Waals surface area contributed by atoms with E-state index in [9.17, 15) is 9.59 Å². The number of aryl methyl sites for hydroxylation is 2. The monoisotopic (exact) mass is 394 g/mol. The molecule has 2 aromatic heterocycles. The van der Waals surface area contributed by atoms with Crippen LogP contribution in [0.2, 0.25) is 0 Å². The third kappa shape index (κ3) is 3.75. The SMILES string of the molecule is CC(=O)Nc1cccc(CNC(=O)c2sc3nc(C4CC4)nc(C)c3c2C)c1. The van der Waals surface area contributed by atoms with E-state index in [-0.39, 0.29) is 11.8 Å². The summed E-state index contributed by atoms with van der Waals surface area (Å²) in [6.07, 6.45) is 2.31. The summed E-state index contributed by atoms with van der Waals surface area (Å²) in [6.45, 7) is 5.80. The van der Waals surface area contributed by atoms with Crippen molar-refractivity contribution >= 4 is 39.1 Å². The van der Waals surface area contributed by atoms with Gasteiger partial charge < -0.3 is 10.6 Å². The van der Waals surface area contributed by atoms with Gasteiger partial charge in [-0.1, -0.05) is 12.1 Å². The maximum Gasteiger partial charge on any atom is 0.261 e. The second-order valence-corrected chi connectivity index (χ2v) is 8.24. The average Bonchev–Trinajstić information content (AvgIpc) is 3.43. The number of benzene rings is 1. The number of hydrogen-bond donors (Lipinski definition) is 2. The molecule has 6 nitrogen and oxygen atoms in total. The summed E-state index contributed by atoms with van der Waals surface area (Å²) in [4.78, 5) is 34.9. The van der Waals surface area contributed by atoms with Gasteiger partial charge in [-0.2, -0.15) is 0 Å². The van der Waals surface area contributed by atoms with Gasteiger partial charge >= 0.3 is 0 Å². The Morgan fingerprint density at radius 3 is 2.71 bits per heavy atom. The van der Waals surface area contributed by atoms with E-state index in [2.05, 4.69) is 15.6 Å². The second-order valence-electron chi connectivity index (χ2n) is 7.24. The number of hydrogen-bond acceptors (Lipinski definition) is 5. The molecule has 1 aliphatic carbocycles. The number of amides is 2. The molecule has 0 saturated heterocycles. The summed E-state index contributed by atoms with van der Waals surface area (Å²) in [5, 5.41) is 6.72. The molecule has 1 aromatic carbocycles. The highest BCUT2D eigenvalue weighted by atomic mass is 32.1. The van der Waals surface area contributed by atoms with Crippen LogP contribution in [0, 0.1) is 13.8 Å². The van der Waals surface area contributed by atoms with E-state index in [1.807, 2.05) is 38.1 Å². The molecule has 1 saturated carbocycles. The molecule has 2 amide bonds. The largest absolute Gasteiger partial charge is 0.347 e. The van der Waals surface area contributed by atoms with E-state index in [1.54, 1.807) is 0 Å². The Morgan fingerprint density at radius 2 is 2.00 bits per heavy atom. The number of nitrogens with zero attached hydrogens (tertiary/aromatic N) is 2. The lowest BCUT2D eigenvalue weighted by Crippen LogP contribution is -2.22. The number of rotatable bonds is 5. The van der Waals surface area contributed by atoms with Gasteiger partial charge in [0.25, 0.3) is 5.91 Å². The number of fused-ring (bicyclic) bond motifs is 1. The molecule has 0 bridgehead atoms. The first-order valence-corrected chi connectivity index (χ1v) is 10.2. The van der Waals surface area contributed by atoms with Crippen molar-refractivity contribution in [1.82, 2.24) is 15.3 Å². The van der Waals surface area contributed by atoms with E-state index in [0.29, 0.717) is 17.3 Å². The van der Waals surface area contributed by atoms with Gasteiger partial charge in [0, 0.05) is 30.5 Å². The van der Waals surface area contributed by atoms with Gasteiger partial charge in [0.05, 0.1) is 10.6 Å². The van der Waals surface area contributed by atoms with Crippen LogP contribution in [0.15, 0.2) is 24.3 Å². The molecular weight excluding hydrogens is 372 g/mol. The van der Waals surface area contributed by atoms with Crippen molar-refractivity contribution in [2.75, 3.05) is 5.32 Å². The molecule has 3 aromatic rings. The lowest BCUT2D eigenvalue weighted by atomic mass is 10.1. The van der Waals surface area contributed by atoms with Gasteiger partial charge in [0.2, 0.25) is 5.91 Å². The minimum absolute atomic E-state index is 0.113. The molecule has 28 heavy (non-hydrogen) atoms. The number of aromatic nitrogens is 2. The fourth-order valence-corrected chi connectivity index (χ4v) is 4.48. The zero-order chi connectivity index (χ0) is 19.8. The van der Waals surface area contributed by atoms with E-state index >= 15 is 0 Å². The van der Waals surface area contributed by atoms with Crippen LogP contribution in [0.5, 0.6) is 0 Å². The highest BCUT2D eigenvalue weighted by Crippen LogP contribution is 2.40. The molecule has 7 heteroatoms. The maximum absolute atomic E-state index is 12.8. The number of carbonyl (C=O) groups excluding carboxylic acids is 2. The lowest BCUT2D eigenvalue weighted by Gasteiger charge is -2.07. The minimum Gasteiger partial charge on any atom is -0.347 e. The first kappa shape index (κ1) is 18.6. The van der Waals surface area contributed by atoms with E-state index in [1.165, 1.54) is 18.3 Å². The Bertz CT molecular complexity index is 1090. The minimum atomic E-state index is -0.121. The molecule has 0 atom stereocenters. The molecule has 1 aliphatic rings. The Hall–Kier alpha value is -2.80. The van der Waals surface area contributed by atoms with Crippen molar-refractivity contribution in [2.45, 2.75) is 46.1 Å². The molecule has 2 heterocycles. The zero-order valence-electron chi connectivity index (χ0n) is 16.1. The predicted molar refractivity (Wildman–Crippen MR) is 111 cm³/mol. The number of thiophene rings is 1. The van der Waals surface area contributed by atoms with E-state index < -0.39 is 0 Å². The van der Waals surface area contributed by atoms with Crippen molar-refractivity contribution in [2.24, 2.45) is 0 Å². The van der Waals surface area contributed by atoms with Crippen LogP contribution in [-0.4, -0.2) is 21.8 Å². The predicted octanol–water partition coefficient (Wildman–Crippen LogP) is 4.07. The average molecular weight is 395 g/mol. The third-order valence-corrected chi connectivity index (χ3v) is 6.02. The van der Waals surface area contributed by atoms with Crippen molar-refractivity contribution in [3.05, 3.63) is 51.8 Å². The summed E-state index contributed by atoms with van der Waals surface area (Å²) in [7, 11) is 0. The molecule has 144 valence electrons. The molecule has 0 spiro atoms. The van der Waals surface area contributed by atoms with E-state index in [0.717, 1.165) is 51.4 Å². The van der Waals surface area contributed by atoms with Gasteiger partial charge in [0.1, 0.15) is 10.7 Å². The Labute approximate surface area is 167 Å². The topological polar surface area (TPSA) is 84.0 Å². The van der Waals surface area contributed by atoms with Crippen LogP contribution < -0.4 is 10.6 Å². The molecular formula is C21H22N4O2S. The lowest BCUT2D eigenvalue weighted by molar-refractivity contribution is -0.114. The molecule has 2 N–H and O–H groups in total. The number of anilines is 1. The van der Waals surface area contributed by atoms with Crippen LogP contribution in [0.25, 0.3) is 10.2 Å². The van der Waals surface area contributed by atoms with Gasteiger partial charge in [-0.15, -0.1) is 11.3 Å². The summed E-state index contributed by atoms with van der Waals surface area (Å²) in [6, 6.07) is 7.45. The highest BCUT2D eigenvalue weighted by Gasteiger charge is 2.28. The Balaban J connectivity index is 1.53. The van der Waals surface area contributed by atoms with Crippen LogP contribution >= 0.6 is 11.3 Å². The van der Waals surface area contributed by atoms with E-state index in [4.69, 9.17) is 4.98 Å². The van der Waals surface area contributed by atoms with Crippen molar-refractivity contribution in [1.29, 1.82) is 0 Å². The Kier molecular flexibility index (Phi) is 4.85. The first-order valence-electron chi connectivity index (χ1n) is 9.34. The summed E-state index contributed by atoms with van der Waals surface area (Å²) in [5.41, 5.74) is 3.52. The highest BCUT2D eigenvalue weighted by molar-refractivity contribution is 7.20. The molecule has 0 aliphatic heterocycles. The van der Waals surface area contributed by atoms with Crippen molar-refractivity contribution in [3.8, 4) is 0 Å².